The van der Waals surface area contributed by atoms with Crippen molar-refractivity contribution in [2.75, 3.05) is 51.5 Å². The molecule has 2 unspecified atom stereocenters. The van der Waals surface area contributed by atoms with Crippen LogP contribution >= 0.6 is 11.8 Å². The summed E-state index contributed by atoms with van der Waals surface area (Å²) in [5.74, 6) is 7.11. The van der Waals surface area contributed by atoms with Crippen molar-refractivity contribution < 1.29 is 22.7 Å². The number of rotatable bonds is 7. The van der Waals surface area contributed by atoms with Gasteiger partial charge < -0.3 is 25.6 Å². The van der Waals surface area contributed by atoms with Crippen molar-refractivity contribution in [3.63, 3.8) is 0 Å². The second-order valence-electron chi connectivity index (χ2n) is 9.78. The van der Waals surface area contributed by atoms with E-state index in [1.807, 2.05) is 6.07 Å². The highest BCUT2D eigenvalue weighted by Gasteiger charge is 2.56. The Balaban J connectivity index is 1.41. The summed E-state index contributed by atoms with van der Waals surface area (Å²) in [5.41, 5.74) is -3.17. The molecule has 1 saturated heterocycles. The second kappa shape index (κ2) is 10.5. The number of pyridine rings is 1. The third-order valence-corrected chi connectivity index (χ3v) is 8.01. The lowest BCUT2D eigenvalue weighted by Crippen LogP contribution is -2.39. The molecule has 2 aliphatic rings. The minimum Gasteiger partial charge on any atom is -0.495 e. The molecule has 1 aromatic carbocycles. The van der Waals surface area contributed by atoms with Gasteiger partial charge in [0.15, 0.2) is 0 Å². The third-order valence-electron chi connectivity index (χ3n) is 7.17. The zero-order valence-electron chi connectivity index (χ0n) is 21.8. The molecule has 2 atom stereocenters. The van der Waals surface area contributed by atoms with E-state index in [0.717, 1.165) is 25.9 Å². The first kappa shape index (κ1) is 27.0. The number of nitrogens with zero attached hydrogens (tertiary/aromatic N) is 3. The molecule has 3 aromatic rings. The minimum atomic E-state index is -4.50. The second-order valence-corrected chi connectivity index (χ2v) is 10.9. The van der Waals surface area contributed by atoms with Crippen LogP contribution in [0.4, 0.5) is 24.7 Å². The number of methoxy groups -OCH3 is 1. The van der Waals surface area contributed by atoms with Gasteiger partial charge in [-0.1, -0.05) is 12.0 Å². The number of likely N-dealkylation sites (tertiary alicyclic amines) is 1. The van der Waals surface area contributed by atoms with Gasteiger partial charge in [-0.2, -0.15) is 18.3 Å². The van der Waals surface area contributed by atoms with E-state index in [2.05, 4.69) is 44.8 Å². The third kappa shape index (κ3) is 5.74. The van der Waals surface area contributed by atoms with Gasteiger partial charge in [-0.05, 0) is 73.8 Å². The van der Waals surface area contributed by atoms with Crippen LogP contribution in [0.2, 0.25) is 0 Å². The summed E-state index contributed by atoms with van der Waals surface area (Å²) >= 11 is -0.209. The van der Waals surface area contributed by atoms with Gasteiger partial charge in [-0.25, -0.2) is 4.52 Å². The zero-order chi connectivity index (χ0) is 27.8. The fourth-order valence-electron chi connectivity index (χ4n) is 5.09. The van der Waals surface area contributed by atoms with Crippen molar-refractivity contribution >= 4 is 34.7 Å². The fraction of sp³-hybridized carbons (Fsp3) is 0.407. The summed E-state index contributed by atoms with van der Waals surface area (Å²) in [7, 11) is 5.14. The SMILES string of the molecule is CNC(=O)c1ccc(OC)c(NCC#Cc2nn3c(NC45CCN(C)CC4C5)cccc3c2SC(F)(F)F)c1. The van der Waals surface area contributed by atoms with Gasteiger partial charge in [-0.15, -0.1) is 0 Å². The summed E-state index contributed by atoms with van der Waals surface area (Å²) in [5, 5.41) is 13.7. The number of benzene rings is 1. The number of carbonyl (C=O) groups excluding carboxylic acids is 1. The Morgan fingerprint density at radius 3 is 2.85 bits per heavy atom. The largest absolute Gasteiger partial charge is 0.495 e. The van der Waals surface area contributed by atoms with Gasteiger partial charge in [0, 0.05) is 31.2 Å². The predicted octanol–water partition coefficient (Wildman–Crippen LogP) is 4.28. The number of hydrogen-bond acceptors (Lipinski definition) is 7. The van der Waals surface area contributed by atoms with E-state index < -0.39 is 5.51 Å². The molecule has 2 fully saturated rings. The zero-order valence-corrected chi connectivity index (χ0v) is 22.6. The van der Waals surface area contributed by atoms with Gasteiger partial charge in [0.25, 0.3) is 5.91 Å². The Bertz CT molecular complexity index is 1460. The summed E-state index contributed by atoms with van der Waals surface area (Å²) in [6.45, 7) is 2.06. The van der Waals surface area contributed by atoms with E-state index in [4.69, 9.17) is 4.74 Å². The number of carbonyl (C=O) groups is 1. The molecule has 0 radical (unpaired) electrons. The Morgan fingerprint density at radius 1 is 1.31 bits per heavy atom. The molecule has 206 valence electrons. The van der Waals surface area contributed by atoms with Crippen LogP contribution in [0.3, 0.4) is 0 Å². The number of aromatic nitrogens is 2. The van der Waals surface area contributed by atoms with Crippen molar-refractivity contribution in [2.24, 2.45) is 5.92 Å². The van der Waals surface area contributed by atoms with Crippen molar-refractivity contribution in [1.29, 1.82) is 0 Å². The average molecular weight is 559 g/mol. The molecule has 1 saturated carbocycles. The molecule has 1 aliphatic heterocycles. The molecule has 5 rings (SSSR count). The van der Waals surface area contributed by atoms with Crippen LogP contribution in [0.25, 0.3) is 5.52 Å². The molecular formula is C27H29F3N6O2S. The van der Waals surface area contributed by atoms with E-state index >= 15 is 0 Å². The summed E-state index contributed by atoms with van der Waals surface area (Å²) in [4.78, 5) is 14.3. The maximum atomic E-state index is 13.5. The first-order valence-corrected chi connectivity index (χ1v) is 13.3. The Labute approximate surface area is 228 Å². The minimum absolute atomic E-state index is 0.0360. The molecule has 1 aliphatic carbocycles. The van der Waals surface area contributed by atoms with Crippen LogP contribution in [-0.4, -0.2) is 72.3 Å². The van der Waals surface area contributed by atoms with Crippen LogP contribution in [0.15, 0.2) is 41.3 Å². The number of alkyl halides is 3. The number of hydrogen-bond donors (Lipinski definition) is 3. The smallest absolute Gasteiger partial charge is 0.446 e. The standard InChI is InChI=1S/C27H29F3N6O2S/c1-31-25(37)17-9-10-22(38-3)20(14-17)32-12-5-6-19-24(39-27(28,29)30)21-7-4-8-23(36(21)34-19)33-26-11-13-35(2)16-18(26)15-26/h4,7-10,14,18,32-33H,11-13,15-16H2,1-3H3,(H,31,37). The first-order valence-electron chi connectivity index (χ1n) is 12.5. The number of nitrogens with one attached hydrogen (secondary N) is 3. The monoisotopic (exact) mass is 558 g/mol. The molecule has 12 heteroatoms. The molecule has 8 nitrogen and oxygen atoms in total. The lowest BCUT2D eigenvalue weighted by atomic mass is 10.1. The van der Waals surface area contributed by atoms with Gasteiger partial charge >= 0.3 is 5.51 Å². The van der Waals surface area contributed by atoms with Gasteiger partial charge in [0.05, 0.1) is 29.8 Å². The topological polar surface area (TPSA) is 82.9 Å². The van der Waals surface area contributed by atoms with Gasteiger partial charge in [-0.3, -0.25) is 4.79 Å². The molecule has 0 spiro atoms. The van der Waals surface area contributed by atoms with Crippen LogP contribution in [-0.2, 0) is 0 Å². The molecule has 3 N–H and O–H groups in total. The molecular weight excluding hydrogens is 529 g/mol. The van der Waals surface area contributed by atoms with Crippen LogP contribution in [0.5, 0.6) is 5.75 Å². The van der Waals surface area contributed by atoms with E-state index in [1.54, 1.807) is 30.3 Å². The number of amides is 1. The molecule has 0 bridgehead atoms. The Hall–Kier alpha value is -3.56. The Kier molecular flexibility index (Phi) is 7.31. The molecule has 2 aromatic heterocycles. The lowest BCUT2D eigenvalue weighted by Gasteiger charge is -2.30. The first-order chi connectivity index (χ1) is 18.6. The van der Waals surface area contributed by atoms with Crippen molar-refractivity contribution in [3.8, 4) is 17.6 Å². The number of thioether (sulfide) groups is 1. The molecule has 39 heavy (non-hydrogen) atoms. The maximum Gasteiger partial charge on any atom is 0.446 e. The van der Waals surface area contributed by atoms with E-state index in [1.165, 1.54) is 18.7 Å². The normalized spacial score (nSPS) is 20.5. The number of ether oxygens (including phenoxy) is 1. The van der Waals surface area contributed by atoms with Gasteiger partial charge in [0.2, 0.25) is 0 Å². The van der Waals surface area contributed by atoms with E-state index in [0.29, 0.717) is 34.3 Å². The maximum absolute atomic E-state index is 13.5. The highest BCUT2D eigenvalue weighted by molar-refractivity contribution is 8.00. The van der Waals surface area contributed by atoms with Crippen molar-refractivity contribution in [1.82, 2.24) is 19.8 Å². The number of fused-ring (bicyclic) bond motifs is 2. The molecule has 1 amide bonds. The van der Waals surface area contributed by atoms with Gasteiger partial charge in [0.1, 0.15) is 17.3 Å². The van der Waals surface area contributed by atoms with Crippen LogP contribution < -0.4 is 20.7 Å². The summed E-state index contributed by atoms with van der Waals surface area (Å²) in [6.07, 6.45) is 2.00. The summed E-state index contributed by atoms with van der Waals surface area (Å²) in [6, 6.07) is 10.1. The van der Waals surface area contributed by atoms with Crippen molar-refractivity contribution in [3.05, 3.63) is 47.7 Å². The highest BCUT2D eigenvalue weighted by Crippen LogP contribution is 2.51. The quantitative estimate of drug-likeness (QED) is 0.295. The van der Waals surface area contributed by atoms with Crippen molar-refractivity contribution in [2.45, 2.75) is 28.8 Å². The predicted molar refractivity (Wildman–Crippen MR) is 145 cm³/mol. The highest BCUT2D eigenvalue weighted by atomic mass is 32.2. The Morgan fingerprint density at radius 2 is 2.13 bits per heavy atom. The average Bonchev–Trinajstić information content (AvgIpc) is 3.50. The number of piperidine rings is 1. The lowest BCUT2D eigenvalue weighted by molar-refractivity contribution is -0.0327. The van der Waals surface area contributed by atoms with Crippen LogP contribution in [0, 0.1) is 17.8 Å². The molecule has 3 heterocycles. The van der Waals surface area contributed by atoms with E-state index in [9.17, 15) is 18.0 Å². The number of halogens is 3. The summed E-state index contributed by atoms with van der Waals surface area (Å²) < 4.78 is 47.5. The fourth-order valence-corrected chi connectivity index (χ4v) is 5.77. The van der Waals surface area contributed by atoms with E-state index in [-0.39, 0.29) is 40.3 Å². The number of anilines is 2. The van der Waals surface area contributed by atoms with Crippen LogP contribution in [0.1, 0.15) is 28.9 Å².